The third-order valence-corrected chi connectivity index (χ3v) is 6.89. The van der Waals surface area contributed by atoms with Gasteiger partial charge in [-0.15, -0.1) is 11.3 Å². The average Bonchev–Trinajstić information content (AvgIpc) is 3.14. The Morgan fingerprint density at radius 3 is 2.24 bits per heavy atom. The molecule has 25 heavy (non-hydrogen) atoms. The zero-order valence-corrected chi connectivity index (χ0v) is 16.6. The number of hydrogen-bond acceptors (Lipinski definition) is 5. The Bertz CT molecular complexity index is 724. The molecular weight excluding hydrogens is 356 g/mol. The van der Waals surface area contributed by atoms with Crippen LogP contribution in [-0.2, 0) is 16.6 Å². The molecule has 0 spiro atoms. The number of ether oxygens (including phenoxy) is 1. The topological polar surface area (TPSA) is 49.9 Å². The Morgan fingerprint density at radius 1 is 1.04 bits per heavy atom. The van der Waals surface area contributed by atoms with Crippen molar-refractivity contribution < 1.29 is 13.2 Å². The standard InChI is InChI=1S/C18H26N2O3S2/c1-4-19(5-2)12-13-20(15-17-7-6-14-24-17)25(21,22)18-10-8-16(23-3)9-11-18/h6-11,14H,4-5,12-13,15H2,1-3H3. The lowest BCUT2D eigenvalue weighted by molar-refractivity contribution is 0.269. The molecule has 138 valence electrons. The Balaban J connectivity index is 2.24. The van der Waals surface area contributed by atoms with Gasteiger partial charge in [-0.1, -0.05) is 19.9 Å². The van der Waals surface area contributed by atoms with Crippen LogP contribution in [0.15, 0.2) is 46.7 Å². The van der Waals surface area contributed by atoms with E-state index >= 15 is 0 Å². The first-order valence-electron chi connectivity index (χ1n) is 8.40. The fourth-order valence-corrected chi connectivity index (χ4v) is 4.76. The first kappa shape index (κ1) is 19.9. The minimum absolute atomic E-state index is 0.296. The summed E-state index contributed by atoms with van der Waals surface area (Å²) in [5.74, 6) is 0.645. The van der Waals surface area contributed by atoms with Crippen LogP contribution in [0, 0.1) is 0 Å². The third kappa shape index (κ3) is 5.28. The lowest BCUT2D eigenvalue weighted by Gasteiger charge is -2.25. The van der Waals surface area contributed by atoms with Crippen molar-refractivity contribution in [1.82, 2.24) is 9.21 Å². The summed E-state index contributed by atoms with van der Waals surface area (Å²) >= 11 is 1.57. The number of hydrogen-bond donors (Lipinski definition) is 0. The third-order valence-electron chi connectivity index (χ3n) is 4.17. The molecule has 0 amide bonds. The molecule has 0 fully saturated rings. The Morgan fingerprint density at radius 2 is 1.72 bits per heavy atom. The predicted octanol–water partition coefficient (Wildman–Crippen LogP) is 3.29. The van der Waals surface area contributed by atoms with Crippen molar-refractivity contribution in [2.45, 2.75) is 25.3 Å². The summed E-state index contributed by atoms with van der Waals surface area (Å²) in [4.78, 5) is 3.56. The van der Waals surface area contributed by atoms with E-state index in [9.17, 15) is 8.42 Å². The number of rotatable bonds is 10. The second-order valence-electron chi connectivity index (χ2n) is 5.62. The molecule has 1 aromatic carbocycles. The van der Waals surface area contributed by atoms with Crippen LogP contribution in [0.3, 0.4) is 0 Å². The highest BCUT2D eigenvalue weighted by molar-refractivity contribution is 7.89. The molecule has 0 aliphatic rings. The highest BCUT2D eigenvalue weighted by Gasteiger charge is 2.25. The molecule has 0 aliphatic heterocycles. The summed E-state index contributed by atoms with van der Waals surface area (Å²) in [6.45, 7) is 7.57. The molecule has 1 heterocycles. The smallest absolute Gasteiger partial charge is 0.243 e. The monoisotopic (exact) mass is 382 g/mol. The second kappa shape index (κ2) is 9.33. The van der Waals surface area contributed by atoms with E-state index in [1.165, 1.54) is 0 Å². The fraction of sp³-hybridized carbons (Fsp3) is 0.444. The largest absolute Gasteiger partial charge is 0.497 e. The zero-order valence-electron chi connectivity index (χ0n) is 15.0. The molecule has 0 saturated carbocycles. The van der Waals surface area contributed by atoms with Crippen molar-refractivity contribution in [2.75, 3.05) is 33.3 Å². The quantitative estimate of drug-likeness (QED) is 0.633. The van der Waals surface area contributed by atoms with Crippen molar-refractivity contribution in [2.24, 2.45) is 0 Å². The molecule has 0 atom stereocenters. The van der Waals surface area contributed by atoms with Gasteiger partial charge >= 0.3 is 0 Å². The van der Waals surface area contributed by atoms with Gasteiger partial charge in [-0.2, -0.15) is 4.31 Å². The summed E-state index contributed by atoms with van der Waals surface area (Å²) in [5, 5.41) is 1.97. The van der Waals surface area contributed by atoms with E-state index in [1.54, 1.807) is 47.0 Å². The molecule has 0 aliphatic carbocycles. The van der Waals surface area contributed by atoms with Crippen LogP contribution < -0.4 is 4.74 Å². The zero-order chi connectivity index (χ0) is 18.3. The molecular formula is C18H26N2O3S2. The number of sulfonamides is 1. The first-order valence-corrected chi connectivity index (χ1v) is 10.7. The maximum Gasteiger partial charge on any atom is 0.243 e. The Hall–Kier alpha value is -1.41. The number of methoxy groups -OCH3 is 1. The van der Waals surface area contributed by atoms with Crippen LogP contribution in [0.4, 0.5) is 0 Å². The molecule has 0 saturated heterocycles. The number of benzene rings is 1. The van der Waals surface area contributed by atoms with Crippen LogP contribution in [-0.4, -0.2) is 50.9 Å². The van der Waals surface area contributed by atoms with Crippen LogP contribution in [0.1, 0.15) is 18.7 Å². The fourth-order valence-electron chi connectivity index (χ4n) is 2.55. The van der Waals surface area contributed by atoms with Crippen LogP contribution in [0.5, 0.6) is 5.75 Å². The highest BCUT2D eigenvalue weighted by atomic mass is 32.2. The van der Waals surface area contributed by atoms with Crippen molar-refractivity contribution in [1.29, 1.82) is 0 Å². The lowest BCUT2D eigenvalue weighted by atomic mass is 10.3. The number of nitrogens with zero attached hydrogens (tertiary/aromatic N) is 2. The van der Waals surface area contributed by atoms with Crippen molar-refractivity contribution in [3.63, 3.8) is 0 Å². The molecule has 0 radical (unpaired) electrons. The van der Waals surface area contributed by atoms with Crippen LogP contribution >= 0.6 is 11.3 Å². The van der Waals surface area contributed by atoms with E-state index in [0.29, 0.717) is 30.3 Å². The van der Waals surface area contributed by atoms with Gasteiger partial charge in [0.05, 0.1) is 12.0 Å². The van der Waals surface area contributed by atoms with Crippen LogP contribution in [0.2, 0.25) is 0 Å². The minimum atomic E-state index is -3.56. The maximum absolute atomic E-state index is 13.1. The van der Waals surface area contributed by atoms with Gasteiger partial charge in [0.2, 0.25) is 10.0 Å². The van der Waals surface area contributed by atoms with Gasteiger partial charge in [-0.05, 0) is 48.8 Å². The molecule has 2 aromatic rings. The van der Waals surface area contributed by atoms with Gasteiger partial charge in [0.15, 0.2) is 0 Å². The molecule has 0 N–H and O–H groups in total. The molecule has 1 aromatic heterocycles. The molecule has 5 nitrogen and oxygen atoms in total. The Kier molecular flexibility index (Phi) is 7.43. The van der Waals surface area contributed by atoms with E-state index in [-0.39, 0.29) is 0 Å². The van der Waals surface area contributed by atoms with Crippen LogP contribution in [0.25, 0.3) is 0 Å². The second-order valence-corrected chi connectivity index (χ2v) is 8.59. The van der Waals surface area contributed by atoms with E-state index < -0.39 is 10.0 Å². The van der Waals surface area contributed by atoms with E-state index in [0.717, 1.165) is 18.0 Å². The summed E-state index contributed by atoms with van der Waals surface area (Å²) in [5.41, 5.74) is 0. The summed E-state index contributed by atoms with van der Waals surface area (Å²) in [7, 11) is -1.99. The summed E-state index contributed by atoms with van der Waals surface area (Å²) < 4.78 is 32.9. The first-order chi connectivity index (χ1) is 12.0. The molecule has 7 heteroatoms. The van der Waals surface area contributed by atoms with Crippen molar-refractivity contribution in [3.8, 4) is 5.75 Å². The normalized spacial score (nSPS) is 12.0. The molecule has 2 rings (SSSR count). The molecule has 0 unspecified atom stereocenters. The predicted molar refractivity (Wildman–Crippen MR) is 103 cm³/mol. The number of likely N-dealkylation sites (N-methyl/N-ethyl adjacent to an activating group) is 1. The van der Waals surface area contributed by atoms with Crippen molar-refractivity contribution in [3.05, 3.63) is 46.7 Å². The SMILES string of the molecule is CCN(CC)CCN(Cc1cccs1)S(=O)(=O)c1ccc(OC)cc1. The van der Waals surface area contributed by atoms with E-state index in [1.807, 2.05) is 17.5 Å². The van der Waals surface area contributed by atoms with Gasteiger partial charge in [0.1, 0.15) is 5.75 Å². The van der Waals surface area contributed by atoms with Crippen molar-refractivity contribution >= 4 is 21.4 Å². The van der Waals surface area contributed by atoms with E-state index in [4.69, 9.17) is 4.74 Å². The Labute approximate surface area is 154 Å². The lowest BCUT2D eigenvalue weighted by Crippen LogP contribution is -2.38. The highest BCUT2D eigenvalue weighted by Crippen LogP contribution is 2.22. The average molecular weight is 383 g/mol. The van der Waals surface area contributed by atoms with Gasteiger partial charge in [-0.25, -0.2) is 8.42 Å². The maximum atomic E-state index is 13.1. The summed E-state index contributed by atoms with van der Waals surface area (Å²) in [6, 6.07) is 10.5. The van der Waals surface area contributed by atoms with Gasteiger partial charge < -0.3 is 9.64 Å². The summed E-state index contributed by atoms with van der Waals surface area (Å²) in [6.07, 6.45) is 0. The van der Waals surface area contributed by atoms with Gasteiger partial charge in [-0.3, -0.25) is 0 Å². The van der Waals surface area contributed by atoms with Gasteiger partial charge in [0, 0.05) is 24.5 Å². The van der Waals surface area contributed by atoms with Gasteiger partial charge in [0.25, 0.3) is 0 Å². The number of thiophene rings is 1. The minimum Gasteiger partial charge on any atom is -0.497 e. The molecule has 0 bridgehead atoms. The van der Waals surface area contributed by atoms with E-state index in [2.05, 4.69) is 18.7 Å².